The average molecular weight is 243 g/mol. The Morgan fingerprint density at radius 1 is 1.41 bits per heavy atom. The van der Waals surface area contributed by atoms with Gasteiger partial charge < -0.3 is 15.3 Å². The summed E-state index contributed by atoms with van der Waals surface area (Å²) in [5.41, 5.74) is 0. The van der Waals surface area contributed by atoms with E-state index in [1.165, 1.54) is 7.05 Å². The molecule has 6 nitrogen and oxygen atoms in total. The summed E-state index contributed by atoms with van der Waals surface area (Å²) in [4.78, 5) is 24.2. The van der Waals surface area contributed by atoms with E-state index in [1.807, 2.05) is 7.05 Å². The molecule has 17 heavy (non-hydrogen) atoms. The Morgan fingerprint density at radius 3 is 2.59 bits per heavy atom. The van der Waals surface area contributed by atoms with Crippen molar-refractivity contribution in [1.82, 2.24) is 15.5 Å². The maximum absolute atomic E-state index is 11.3. The Labute approximate surface area is 101 Å². The monoisotopic (exact) mass is 243 g/mol. The lowest BCUT2D eigenvalue weighted by atomic mass is 9.82. The molecule has 0 unspecified atom stereocenters. The zero-order valence-electron chi connectivity index (χ0n) is 10.4. The lowest BCUT2D eigenvalue weighted by Gasteiger charge is -2.34. The number of nitrogens with zero attached hydrogens (tertiary/aromatic N) is 1. The predicted octanol–water partition coefficient (Wildman–Crippen LogP) is -0.465. The highest BCUT2D eigenvalue weighted by molar-refractivity contribution is 5.94. The lowest BCUT2D eigenvalue weighted by Crippen LogP contribution is -2.40. The van der Waals surface area contributed by atoms with E-state index in [9.17, 15) is 9.59 Å². The molecule has 0 aromatic heterocycles. The van der Waals surface area contributed by atoms with Gasteiger partial charge in [-0.05, 0) is 25.8 Å². The van der Waals surface area contributed by atoms with Crippen LogP contribution in [-0.4, -0.2) is 55.2 Å². The van der Waals surface area contributed by atoms with Gasteiger partial charge in [-0.3, -0.25) is 10.1 Å². The molecule has 0 aromatic carbocycles. The van der Waals surface area contributed by atoms with Crippen LogP contribution in [0, 0.1) is 5.92 Å². The van der Waals surface area contributed by atoms with Gasteiger partial charge in [0.05, 0.1) is 6.10 Å². The molecule has 1 aliphatic rings. The van der Waals surface area contributed by atoms with E-state index < -0.39 is 6.03 Å². The summed E-state index contributed by atoms with van der Waals surface area (Å²) < 4.78 is 0. The highest BCUT2D eigenvalue weighted by Crippen LogP contribution is 2.27. The van der Waals surface area contributed by atoms with Crippen LogP contribution in [0.5, 0.6) is 0 Å². The molecule has 0 spiro atoms. The van der Waals surface area contributed by atoms with Crippen molar-refractivity contribution in [3.05, 3.63) is 0 Å². The number of imide groups is 1. The average Bonchev–Trinajstić information content (AvgIpc) is 2.24. The smallest absolute Gasteiger partial charge is 0.321 e. The Bertz CT molecular complexity index is 277. The van der Waals surface area contributed by atoms with Crippen LogP contribution in [0.3, 0.4) is 0 Å². The molecule has 0 radical (unpaired) electrons. The molecule has 1 saturated carbocycles. The minimum absolute atomic E-state index is 0.134. The molecule has 98 valence electrons. The van der Waals surface area contributed by atoms with Crippen molar-refractivity contribution in [2.24, 2.45) is 5.92 Å². The van der Waals surface area contributed by atoms with Crippen LogP contribution >= 0.6 is 0 Å². The van der Waals surface area contributed by atoms with Gasteiger partial charge in [0.25, 0.3) is 0 Å². The first-order valence-electron chi connectivity index (χ1n) is 5.89. The van der Waals surface area contributed by atoms with Crippen LogP contribution in [0.2, 0.25) is 0 Å². The fourth-order valence-electron chi connectivity index (χ4n) is 1.93. The molecule has 0 heterocycles. The number of hydrogen-bond donors (Lipinski definition) is 3. The number of aliphatic hydroxyl groups excluding tert-OH is 1. The normalized spacial score (nSPS) is 23.1. The summed E-state index contributed by atoms with van der Waals surface area (Å²) in [6, 6.07) is -0.472. The van der Waals surface area contributed by atoms with E-state index in [0.29, 0.717) is 18.9 Å². The molecule has 1 rings (SSSR count). The fourth-order valence-corrected chi connectivity index (χ4v) is 1.93. The third kappa shape index (κ3) is 5.14. The third-order valence-electron chi connectivity index (χ3n) is 2.98. The Hall–Kier alpha value is -1.14. The van der Waals surface area contributed by atoms with Crippen LogP contribution in [0.25, 0.3) is 0 Å². The molecule has 3 N–H and O–H groups in total. The quantitative estimate of drug-likeness (QED) is 0.610. The molecule has 1 fully saturated rings. The molecule has 6 heteroatoms. The van der Waals surface area contributed by atoms with Crippen LogP contribution < -0.4 is 10.6 Å². The van der Waals surface area contributed by atoms with Crippen LogP contribution in [0.15, 0.2) is 0 Å². The van der Waals surface area contributed by atoms with Gasteiger partial charge in [-0.15, -0.1) is 0 Å². The zero-order valence-corrected chi connectivity index (χ0v) is 10.4. The van der Waals surface area contributed by atoms with E-state index >= 15 is 0 Å². The predicted molar refractivity (Wildman–Crippen MR) is 63.4 cm³/mol. The van der Waals surface area contributed by atoms with Crippen LogP contribution in [-0.2, 0) is 4.79 Å². The first kappa shape index (κ1) is 13.9. The molecular formula is C11H21N3O3. The summed E-state index contributed by atoms with van der Waals surface area (Å²) in [6.45, 7) is 1.51. The number of aliphatic hydroxyl groups is 1. The van der Waals surface area contributed by atoms with Gasteiger partial charge in [0.2, 0.25) is 5.91 Å². The van der Waals surface area contributed by atoms with Crippen molar-refractivity contribution < 1.29 is 14.7 Å². The second-order valence-corrected chi connectivity index (χ2v) is 4.63. The first-order chi connectivity index (χ1) is 8.01. The first-order valence-corrected chi connectivity index (χ1v) is 5.89. The number of hydrogen-bond acceptors (Lipinski definition) is 4. The van der Waals surface area contributed by atoms with Crippen molar-refractivity contribution in [3.8, 4) is 0 Å². The van der Waals surface area contributed by atoms with E-state index in [0.717, 1.165) is 19.4 Å². The standard InChI is InChI=1S/C11H21N3O3/c1-12-11(17)13-10(16)3-4-14(2)7-8-5-9(15)6-8/h8-9,15H,3-7H2,1-2H3,(H2,12,13,16,17). The molecule has 0 bridgehead atoms. The Kier molecular flexibility index (Phi) is 5.37. The van der Waals surface area contributed by atoms with Crippen LogP contribution in [0.4, 0.5) is 4.79 Å². The van der Waals surface area contributed by atoms with Crippen molar-refractivity contribution in [1.29, 1.82) is 0 Å². The van der Waals surface area contributed by atoms with Gasteiger partial charge >= 0.3 is 6.03 Å². The summed E-state index contributed by atoms with van der Waals surface area (Å²) in [5.74, 6) is 0.266. The van der Waals surface area contributed by atoms with Gasteiger partial charge in [-0.1, -0.05) is 0 Å². The molecule has 0 aliphatic heterocycles. The topological polar surface area (TPSA) is 81.7 Å². The van der Waals surface area contributed by atoms with Gasteiger partial charge in [-0.2, -0.15) is 0 Å². The SMILES string of the molecule is CNC(=O)NC(=O)CCN(C)CC1CC(O)C1. The second-order valence-electron chi connectivity index (χ2n) is 4.63. The van der Waals surface area contributed by atoms with E-state index in [-0.39, 0.29) is 12.0 Å². The van der Waals surface area contributed by atoms with Crippen molar-refractivity contribution in [2.45, 2.75) is 25.4 Å². The van der Waals surface area contributed by atoms with E-state index in [4.69, 9.17) is 5.11 Å². The number of carbonyl (C=O) groups is 2. The third-order valence-corrected chi connectivity index (χ3v) is 2.98. The zero-order chi connectivity index (χ0) is 12.8. The largest absolute Gasteiger partial charge is 0.393 e. The van der Waals surface area contributed by atoms with Crippen molar-refractivity contribution in [3.63, 3.8) is 0 Å². The minimum Gasteiger partial charge on any atom is -0.393 e. The summed E-state index contributed by atoms with van der Waals surface area (Å²) in [7, 11) is 3.41. The van der Waals surface area contributed by atoms with Gasteiger partial charge in [-0.25, -0.2) is 4.79 Å². The summed E-state index contributed by atoms with van der Waals surface area (Å²) >= 11 is 0. The maximum atomic E-state index is 11.3. The Balaban J connectivity index is 2.08. The summed E-state index contributed by atoms with van der Waals surface area (Å²) in [6.07, 6.45) is 1.88. The second kappa shape index (κ2) is 6.56. The molecule has 0 aromatic rings. The van der Waals surface area contributed by atoms with Crippen molar-refractivity contribution >= 4 is 11.9 Å². The molecule has 0 saturated heterocycles. The van der Waals surface area contributed by atoms with E-state index in [2.05, 4.69) is 15.5 Å². The maximum Gasteiger partial charge on any atom is 0.321 e. The Morgan fingerprint density at radius 2 is 2.06 bits per heavy atom. The number of amides is 3. The number of urea groups is 1. The number of rotatable bonds is 5. The number of nitrogens with one attached hydrogen (secondary N) is 2. The van der Waals surface area contributed by atoms with Gasteiger partial charge in [0, 0.05) is 26.6 Å². The highest BCUT2D eigenvalue weighted by atomic mass is 16.3. The van der Waals surface area contributed by atoms with Gasteiger partial charge in [0.1, 0.15) is 0 Å². The number of carbonyl (C=O) groups excluding carboxylic acids is 2. The summed E-state index contributed by atoms with van der Waals surface area (Å²) in [5, 5.41) is 13.7. The lowest BCUT2D eigenvalue weighted by molar-refractivity contribution is -0.120. The van der Waals surface area contributed by atoms with Crippen LogP contribution in [0.1, 0.15) is 19.3 Å². The molecular weight excluding hydrogens is 222 g/mol. The van der Waals surface area contributed by atoms with Gasteiger partial charge in [0.15, 0.2) is 0 Å². The minimum atomic E-state index is -0.472. The molecule has 0 atom stereocenters. The van der Waals surface area contributed by atoms with Crippen molar-refractivity contribution in [2.75, 3.05) is 27.2 Å². The fraction of sp³-hybridized carbons (Fsp3) is 0.818. The highest BCUT2D eigenvalue weighted by Gasteiger charge is 2.27. The van der Waals surface area contributed by atoms with E-state index in [1.54, 1.807) is 0 Å². The molecule has 3 amide bonds. The molecule has 1 aliphatic carbocycles.